The average molecular weight is 383 g/mol. The highest BCUT2D eigenvalue weighted by Gasteiger charge is 2.25. The van der Waals surface area contributed by atoms with Crippen molar-refractivity contribution in [2.45, 2.75) is 4.90 Å². The Bertz CT molecular complexity index is 761. The minimum Gasteiger partial charge on any atom is -0.459 e. The molecule has 0 unspecified atom stereocenters. The molecule has 3 rings (SSSR count). The molecule has 25 heavy (non-hydrogen) atoms. The van der Waals surface area contributed by atoms with Crippen LogP contribution in [0.4, 0.5) is 4.39 Å². The molecular weight excluding hydrogens is 367 g/mol. The Morgan fingerprint density at radius 1 is 1.16 bits per heavy atom. The van der Waals surface area contributed by atoms with E-state index in [1.165, 1.54) is 30.2 Å². The van der Waals surface area contributed by atoms with E-state index in [0.29, 0.717) is 31.9 Å². The van der Waals surface area contributed by atoms with Crippen LogP contribution in [0.5, 0.6) is 0 Å². The lowest BCUT2D eigenvalue weighted by atomic mass is 10.3. The molecular formula is C17H16ClFN2O3S. The molecule has 1 aliphatic heterocycles. The topological polar surface area (TPSA) is 53.8 Å². The largest absolute Gasteiger partial charge is 0.459 e. The number of amides is 2. The lowest BCUT2D eigenvalue weighted by Crippen LogP contribution is -2.51. The molecule has 5 nitrogen and oxygen atoms in total. The summed E-state index contributed by atoms with van der Waals surface area (Å²) in [5.74, 6) is -0.102. The van der Waals surface area contributed by atoms with Crippen LogP contribution in [0.25, 0.3) is 0 Å². The maximum absolute atomic E-state index is 13.1. The number of benzene rings is 1. The van der Waals surface area contributed by atoms with E-state index >= 15 is 0 Å². The number of carbonyl (C=O) groups is 2. The van der Waals surface area contributed by atoms with Gasteiger partial charge in [0.25, 0.3) is 5.91 Å². The number of hydrogen-bond acceptors (Lipinski definition) is 4. The maximum Gasteiger partial charge on any atom is 0.289 e. The first-order valence-corrected chi connectivity index (χ1v) is 9.09. The summed E-state index contributed by atoms with van der Waals surface area (Å²) in [6, 6.07) is 7.69. The van der Waals surface area contributed by atoms with Crippen LogP contribution in [0, 0.1) is 5.82 Å². The van der Waals surface area contributed by atoms with E-state index in [4.69, 9.17) is 16.0 Å². The zero-order chi connectivity index (χ0) is 17.8. The lowest BCUT2D eigenvalue weighted by molar-refractivity contribution is -0.129. The van der Waals surface area contributed by atoms with Crippen molar-refractivity contribution in [2.75, 3.05) is 31.9 Å². The van der Waals surface area contributed by atoms with Crippen molar-refractivity contribution >= 4 is 35.2 Å². The molecule has 1 saturated heterocycles. The molecule has 0 aliphatic carbocycles. The van der Waals surface area contributed by atoms with Gasteiger partial charge in [-0.05, 0) is 30.3 Å². The summed E-state index contributed by atoms with van der Waals surface area (Å²) < 4.78 is 18.3. The van der Waals surface area contributed by atoms with Crippen LogP contribution in [0.15, 0.2) is 45.9 Å². The Balaban J connectivity index is 1.48. The fourth-order valence-corrected chi connectivity index (χ4v) is 3.60. The molecule has 2 aromatic rings. The van der Waals surface area contributed by atoms with Crippen LogP contribution in [-0.2, 0) is 4.79 Å². The van der Waals surface area contributed by atoms with Gasteiger partial charge >= 0.3 is 0 Å². The fourth-order valence-electron chi connectivity index (χ4n) is 2.52. The first-order chi connectivity index (χ1) is 12.0. The Labute approximate surface area is 153 Å². The molecule has 0 N–H and O–H groups in total. The smallest absolute Gasteiger partial charge is 0.289 e. The van der Waals surface area contributed by atoms with Gasteiger partial charge in [-0.15, -0.1) is 11.8 Å². The molecule has 2 amide bonds. The quantitative estimate of drug-likeness (QED) is 0.762. The van der Waals surface area contributed by atoms with E-state index < -0.39 is 5.82 Å². The number of piperazine rings is 1. The van der Waals surface area contributed by atoms with Gasteiger partial charge in [0, 0.05) is 31.1 Å². The third-order valence-corrected chi connectivity index (χ3v) is 5.17. The lowest BCUT2D eigenvalue weighted by Gasteiger charge is -2.34. The monoisotopic (exact) mass is 382 g/mol. The number of hydrogen-bond donors (Lipinski definition) is 0. The summed E-state index contributed by atoms with van der Waals surface area (Å²) >= 11 is 7.05. The third kappa shape index (κ3) is 4.35. The van der Waals surface area contributed by atoms with Crippen LogP contribution in [-0.4, -0.2) is 53.5 Å². The van der Waals surface area contributed by atoms with Crippen LogP contribution in [0.1, 0.15) is 10.6 Å². The molecule has 0 radical (unpaired) electrons. The first kappa shape index (κ1) is 17.8. The van der Waals surface area contributed by atoms with Crippen molar-refractivity contribution in [1.82, 2.24) is 9.80 Å². The van der Waals surface area contributed by atoms with E-state index in [1.807, 2.05) is 0 Å². The van der Waals surface area contributed by atoms with E-state index in [2.05, 4.69) is 0 Å². The van der Waals surface area contributed by atoms with Crippen LogP contribution in [0.2, 0.25) is 5.02 Å². The van der Waals surface area contributed by atoms with E-state index in [9.17, 15) is 14.0 Å². The standard InChI is InChI=1S/C17H16ClFN2O3S/c18-13-10-12(3-4-14(13)19)25-11-16(22)20-5-7-21(8-6-20)17(23)15-2-1-9-24-15/h1-4,9-10H,5-8,11H2. The molecule has 1 aromatic carbocycles. The zero-order valence-corrected chi connectivity index (χ0v) is 14.9. The number of carbonyl (C=O) groups excluding carboxylic acids is 2. The Hall–Kier alpha value is -1.99. The first-order valence-electron chi connectivity index (χ1n) is 7.73. The summed E-state index contributed by atoms with van der Waals surface area (Å²) in [4.78, 5) is 28.6. The van der Waals surface area contributed by atoms with Crippen molar-refractivity contribution in [1.29, 1.82) is 0 Å². The second-order valence-corrected chi connectivity index (χ2v) is 6.97. The molecule has 132 valence electrons. The van der Waals surface area contributed by atoms with Crippen molar-refractivity contribution < 1.29 is 18.4 Å². The van der Waals surface area contributed by atoms with Gasteiger partial charge < -0.3 is 14.2 Å². The van der Waals surface area contributed by atoms with Crippen LogP contribution < -0.4 is 0 Å². The SMILES string of the molecule is O=C(CSc1ccc(F)c(Cl)c1)N1CCN(C(=O)c2ccco2)CC1. The number of nitrogens with zero attached hydrogens (tertiary/aromatic N) is 2. The van der Waals surface area contributed by atoms with E-state index in [0.717, 1.165) is 4.90 Å². The third-order valence-electron chi connectivity index (χ3n) is 3.90. The van der Waals surface area contributed by atoms with Gasteiger partial charge in [-0.1, -0.05) is 11.6 Å². The van der Waals surface area contributed by atoms with Gasteiger partial charge in [0.15, 0.2) is 5.76 Å². The minimum atomic E-state index is -0.477. The van der Waals surface area contributed by atoms with Crippen molar-refractivity contribution in [3.63, 3.8) is 0 Å². The summed E-state index contributed by atoms with van der Waals surface area (Å²) in [5.41, 5.74) is 0. The molecule has 0 spiro atoms. The van der Waals surface area contributed by atoms with Gasteiger partial charge in [0.1, 0.15) is 5.82 Å². The van der Waals surface area contributed by atoms with Crippen molar-refractivity contribution in [3.8, 4) is 0 Å². The Kier molecular flexibility index (Phi) is 5.65. The van der Waals surface area contributed by atoms with Crippen molar-refractivity contribution in [3.05, 3.63) is 53.2 Å². The van der Waals surface area contributed by atoms with Crippen LogP contribution >= 0.6 is 23.4 Å². The Morgan fingerprint density at radius 2 is 1.88 bits per heavy atom. The van der Waals surface area contributed by atoms with Crippen molar-refractivity contribution in [2.24, 2.45) is 0 Å². The van der Waals surface area contributed by atoms with Gasteiger partial charge in [0.2, 0.25) is 5.91 Å². The van der Waals surface area contributed by atoms with Crippen LogP contribution in [0.3, 0.4) is 0 Å². The minimum absolute atomic E-state index is 0.0180. The fraction of sp³-hybridized carbons (Fsp3) is 0.294. The zero-order valence-electron chi connectivity index (χ0n) is 13.3. The highest BCUT2D eigenvalue weighted by atomic mass is 35.5. The average Bonchev–Trinajstić information content (AvgIpc) is 3.16. The van der Waals surface area contributed by atoms with E-state index in [-0.39, 0.29) is 22.6 Å². The number of halogens is 2. The predicted octanol–water partition coefficient (Wildman–Crippen LogP) is 3.15. The predicted molar refractivity (Wildman–Crippen MR) is 93.3 cm³/mol. The second-order valence-electron chi connectivity index (χ2n) is 5.51. The molecule has 8 heteroatoms. The number of rotatable bonds is 4. The van der Waals surface area contributed by atoms with Gasteiger partial charge in [-0.3, -0.25) is 9.59 Å². The summed E-state index contributed by atoms with van der Waals surface area (Å²) in [7, 11) is 0. The normalized spacial score (nSPS) is 14.6. The molecule has 2 heterocycles. The van der Waals surface area contributed by atoms with E-state index in [1.54, 1.807) is 28.0 Å². The molecule has 0 bridgehead atoms. The van der Waals surface area contributed by atoms with Gasteiger partial charge in [-0.2, -0.15) is 0 Å². The highest BCUT2D eigenvalue weighted by molar-refractivity contribution is 8.00. The molecule has 1 aliphatic rings. The van der Waals surface area contributed by atoms with Gasteiger partial charge in [-0.25, -0.2) is 4.39 Å². The number of thioether (sulfide) groups is 1. The summed E-state index contributed by atoms with van der Waals surface area (Å²) in [6.07, 6.45) is 1.46. The molecule has 0 atom stereocenters. The second kappa shape index (κ2) is 7.93. The number of furan rings is 1. The molecule has 1 fully saturated rings. The summed E-state index contributed by atoms with van der Waals surface area (Å²) in [6.45, 7) is 1.91. The molecule has 0 saturated carbocycles. The highest BCUT2D eigenvalue weighted by Crippen LogP contribution is 2.24. The van der Waals surface area contributed by atoms with Gasteiger partial charge in [0.05, 0.1) is 17.0 Å². The summed E-state index contributed by atoms with van der Waals surface area (Å²) in [5, 5.41) is 0.0440. The molecule has 1 aromatic heterocycles. The maximum atomic E-state index is 13.1. The Morgan fingerprint density at radius 3 is 2.52 bits per heavy atom.